The van der Waals surface area contributed by atoms with E-state index in [0.717, 1.165) is 5.56 Å². The Balaban J connectivity index is 1.63. The second-order valence-electron chi connectivity index (χ2n) is 8.76. The maximum absolute atomic E-state index is 13.2. The van der Waals surface area contributed by atoms with Crippen LogP contribution in [0.3, 0.4) is 0 Å². The number of methoxy groups -OCH3 is 1. The van der Waals surface area contributed by atoms with E-state index in [-0.39, 0.29) is 6.79 Å². The maximum Gasteiger partial charge on any atom is 0.342 e. The molecule has 0 saturated heterocycles. The monoisotopic (exact) mass is 458 g/mol. The fourth-order valence-corrected chi connectivity index (χ4v) is 4.37. The molecule has 34 heavy (non-hydrogen) atoms. The minimum atomic E-state index is -1.91. The number of carbonyl (C=O) groups is 1. The van der Waals surface area contributed by atoms with Crippen molar-refractivity contribution in [2.75, 3.05) is 13.9 Å². The molecule has 0 aliphatic carbocycles. The van der Waals surface area contributed by atoms with Crippen LogP contribution in [0.15, 0.2) is 72.3 Å². The molecule has 2 heterocycles. The molecule has 174 valence electrons. The molecule has 2 aliphatic heterocycles. The molecular weight excluding hydrogens is 432 g/mol. The first-order chi connectivity index (χ1) is 16.4. The number of benzene rings is 3. The van der Waals surface area contributed by atoms with Crippen LogP contribution in [0.2, 0.25) is 0 Å². The number of aliphatic hydroxyl groups is 1. The van der Waals surface area contributed by atoms with Crippen LogP contribution in [-0.4, -0.2) is 25.0 Å². The van der Waals surface area contributed by atoms with Crippen molar-refractivity contribution >= 4 is 11.5 Å². The molecule has 1 N–H and O–H groups in total. The predicted octanol–water partition coefficient (Wildman–Crippen LogP) is 4.95. The summed E-state index contributed by atoms with van der Waals surface area (Å²) in [6, 6.07) is 20.4. The predicted molar refractivity (Wildman–Crippen MR) is 127 cm³/mol. The molecule has 0 bridgehead atoms. The van der Waals surface area contributed by atoms with Crippen LogP contribution in [0.25, 0.3) is 5.57 Å². The summed E-state index contributed by atoms with van der Waals surface area (Å²) in [4.78, 5) is 13.2. The standard InChI is InChI=1S/C28H26O6/c1-17(2)19-6-4-18(5-7-19)14-23-26(20-8-13-24-25(15-20)33-16-32-24)27(29)34-28(23,30)21-9-11-22(31-3)12-10-21/h4-13,15,17,30H,14,16H2,1-3H3. The topological polar surface area (TPSA) is 74.2 Å². The van der Waals surface area contributed by atoms with Gasteiger partial charge >= 0.3 is 5.97 Å². The van der Waals surface area contributed by atoms with Gasteiger partial charge in [0, 0.05) is 17.6 Å². The van der Waals surface area contributed by atoms with Crippen LogP contribution in [-0.2, 0) is 21.7 Å². The molecule has 0 saturated carbocycles. The number of esters is 1. The first-order valence-corrected chi connectivity index (χ1v) is 11.2. The van der Waals surface area contributed by atoms with Gasteiger partial charge in [-0.1, -0.05) is 44.2 Å². The Labute approximate surface area is 198 Å². The van der Waals surface area contributed by atoms with Gasteiger partial charge in [-0.3, -0.25) is 0 Å². The molecule has 1 atom stereocenters. The molecule has 0 radical (unpaired) electrons. The minimum absolute atomic E-state index is 0.132. The largest absolute Gasteiger partial charge is 0.497 e. The van der Waals surface area contributed by atoms with Gasteiger partial charge in [-0.25, -0.2) is 4.79 Å². The lowest BCUT2D eigenvalue weighted by Crippen LogP contribution is -2.29. The van der Waals surface area contributed by atoms with E-state index in [2.05, 4.69) is 26.0 Å². The molecular formula is C28H26O6. The zero-order valence-corrected chi connectivity index (χ0v) is 19.3. The summed E-state index contributed by atoms with van der Waals surface area (Å²) in [5, 5.41) is 11.8. The number of fused-ring (bicyclic) bond motifs is 1. The highest BCUT2D eigenvalue weighted by atomic mass is 16.7. The number of hydrogen-bond acceptors (Lipinski definition) is 6. The van der Waals surface area contributed by atoms with Crippen molar-refractivity contribution in [2.45, 2.75) is 32.0 Å². The number of cyclic esters (lactones) is 1. The molecule has 0 aromatic heterocycles. The first-order valence-electron chi connectivity index (χ1n) is 11.2. The number of rotatable bonds is 6. The lowest BCUT2D eigenvalue weighted by atomic mass is 9.87. The van der Waals surface area contributed by atoms with Crippen molar-refractivity contribution in [3.63, 3.8) is 0 Å². The molecule has 0 fully saturated rings. The van der Waals surface area contributed by atoms with Crippen LogP contribution < -0.4 is 14.2 Å². The highest BCUT2D eigenvalue weighted by Crippen LogP contribution is 2.46. The highest BCUT2D eigenvalue weighted by molar-refractivity contribution is 6.20. The second kappa shape index (κ2) is 8.54. The van der Waals surface area contributed by atoms with Crippen LogP contribution in [0.4, 0.5) is 0 Å². The van der Waals surface area contributed by atoms with Gasteiger partial charge < -0.3 is 24.1 Å². The summed E-state index contributed by atoms with van der Waals surface area (Å²) in [5.74, 6) is -0.282. The molecule has 3 aromatic carbocycles. The van der Waals surface area contributed by atoms with Crippen LogP contribution >= 0.6 is 0 Å². The van der Waals surface area contributed by atoms with Crippen molar-refractivity contribution in [1.82, 2.24) is 0 Å². The second-order valence-corrected chi connectivity index (χ2v) is 8.76. The van der Waals surface area contributed by atoms with E-state index in [9.17, 15) is 9.90 Å². The van der Waals surface area contributed by atoms with E-state index >= 15 is 0 Å². The molecule has 3 aromatic rings. The van der Waals surface area contributed by atoms with Gasteiger partial charge in [0.1, 0.15) is 5.75 Å². The van der Waals surface area contributed by atoms with Crippen molar-refractivity contribution < 1.29 is 28.8 Å². The highest BCUT2D eigenvalue weighted by Gasteiger charge is 2.48. The molecule has 2 aliphatic rings. The number of hydrogen-bond donors (Lipinski definition) is 1. The van der Waals surface area contributed by atoms with Crippen LogP contribution in [0.1, 0.15) is 42.0 Å². The van der Waals surface area contributed by atoms with Crippen molar-refractivity contribution in [3.8, 4) is 17.2 Å². The van der Waals surface area contributed by atoms with Gasteiger partial charge in [0.25, 0.3) is 5.79 Å². The van der Waals surface area contributed by atoms with Gasteiger partial charge in [0.15, 0.2) is 11.5 Å². The lowest BCUT2D eigenvalue weighted by molar-refractivity contribution is -0.185. The summed E-state index contributed by atoms with van der Waals surface area (Å²) >= 11 is 0. The fourth-order valence-electron chi connectivity index (χ4n) is 4.37. The summed E-state index contributed by atoms with van der Waals surface area (Å²) in [5.41, 5.74) is 4.03. The Bertz CT molecular complexity index is 1260. The van der Waals surface area contributed by atoms with E-state index in [4.69, 9.17) is 18.9 Å². The molecule has 5 rings (SSSR count). The van der Waals surface area contributed by atoms with Crippen molar-refractivity contribution in [1.29, 1.82) is 0 Å². The smallest absolute Gasteiger partial charge is 0.342 e. The Morgan fingerprint density at radius 2 is 1.68 bits per heavy atom. The average Bonchev–Trinajstić information content (AvgIpc) is 3.41. The van der Waals surface area contributed by atoms with Gasteiger partial charge in [0.2, 0.25) is 6.79 Å². The van der Waals surface area contributed by atoms with Gasteiger partial charge in [-0.15, -0.1) is 0 Å². The van der Waals surface area contributed by atoms with E-state index in [0.29, 0.717) is 51.9 Å². The maximum atomic E-state index is 13.2. The van der Waals surface area contributed by atoms with E-state index in [1.165, 1.54) is 5.56 Å². The third kappa shape index (κ3) is 3.80. The van der Waals surface area contributed by atoms with Gasteiger partial charge in [-0.2, -0.15) is 0 Å². The van der Waals surface area contributed by atoms with E-state index < -0.39 is 11.8 Å². The third-order valence-corrected chi connectivity index (χ3v) is 6.33. The molecule has 0 amide bonds. The zero-order chi connectivity index (χ0) is 23.9. The summed E-state index contributed by atoms with van der Waals surface area (Å²) in [6.45, 7) is 4.41. The van der Waals surface area contributed by atoms with E-state index in [1.54, 1.807) is 49.6 Å². The third-order valence-electron chi connectivity index (χ3n) is 6.33. The summed E-state index contributed by atoms with van der Waals surface area (Å²) in [6.07, 6.45) is 0.330. The fraction of sp³-hybridized carbons (Fsp3) is 0.250. The Hall–Kier alpha value is -3.77. The number of ether oxygens (including phenoxy) is 4. The summed E-state index contributed by atoms with van der Waals surface area (Å²) < 4.78 is 21.8. The SMILES string of the molecule is COc1ccc(C2(O)OC(=O)C(c3ccc4c(c3)OCO4)=C2Cc2ccc(C(C)C)cc2)cc1. The molecule has 0 spiro atoms. The minimum Gasteiger partial charge on any atom is -0.497 e. The molecule has 6 heteroatoms. The van der Waals surface area contributed by atoms with Crippen LogP contribution in [0, 0.1) is 0 Å². The number of carbonyl (C=O) groups excluding carboxylic acids is 1. The summed E-state index contributed by atoms with van der Waals surface area (Å²) in [7, 11) is 1.57. The Morgan fingerprint density at radius 1 is 0.971 bits per heavy atom. The van der Waals surface area contributed by atoms with Gasteiger partial charge in [0.05, 0.1) is 12.7 Å². The Morgan fingerprint density at radius 3 is 2.35 bits per heavy atom. The molecule has 1 unspecified atom stereocenters. The average molecular weight is 459 g/mol. The van der Waals surface area contributed by atoms with Crippen molar-refractivity contribution in [3.05, 3.63) is 94.6 Å². The normalized spacial score (nSPS) is 19.0. The lowest BCUT2D eigenvalue weighted by Gasteiger charge is -2.26. The van der Waals surface area contributed by atoms with Gasteiger partial charge in [-0.05, 0) is 59.0 Å². The molecule has 6 nitrogen and oxygen atoms in total. The van der Waals surface area contributed by atoms with Crippen molar-refractivity contribution in [2.24, 2.45) is 0 Å². The quantitative estimate of drug-likeness (QED) is 0.527. The Kier molecular flexibility index (Phi) is 5.54. The van der Waals surface area contributed by atoms with E-state index in [1.807, 2.05) is 12.1 Å². The van der Waals surface area contributed by atoms with Crippen LogP contribution in [0.5, 0.6) is 17.2 Å². The zero-order valence-electron chi connectivity index (χ0n) is 19.3. The first kappa shape index (κ1) is 22.0.